The first-order valence-corrected chi connectivity index (χ1v) is 11.4. The number of hydrogen-bond donors (Lipinski definition) is 2. The molecule has 174 valence electrons. The molecule has 5 aromatic rings. The number of aryl methyl sites for hydroxylation is 1. The number of nitrogens with one attached hydrogen (secondary N) is 1. The van der Waals surface area contributed by atoms with Gasteiger partial charge < -0.3 is 24.9 Å². The van der Waals surface area contributed by atoms with Crippen molar-refractivity contribution in [1.82, 2.24) is 24.9 Å². The number of methoxy groups -OCH3 is 2. The average Bonchev–Trinajstić information content (AvgIpc) is 3.59. The summed E-state index contributed by atoms with van der Waals surface area (Å²) in [5.74, 6) is 3.45. The van der Waals surface area contributed by atoms with Crippen LogP contribution < -0.4 is 20.5 Å². The van der Waals surface area contributed by atoms with Gasteiger partial charge in [-0.25, -0.2) is 4.98 Å². The van der Waals surface area contributed by atoms with Gasteiger partial charge in [-0.15, -0.1) is 16.4 Å². The molecule has 0 aliphatic carbocycles. The summed E-state index contributed by atoms with van der Waals surface area (Å²) in [5.41, 5.74) is 9.31. The molecule has 0 bridgehead atoms. The lowest BCUT2D eigenvalue weighted by atomic mass is 10.2. The second kappa shape index (κ2) is 9.16. The van der Waals surface area contributed by atoms with Gasteiger partial charge in [0.05, 0.1) is 31.1 Å². The van der Waals surface area contributed by atoms with Gasteiger partial charge in [0.25, 0.3) is 5.78 Å². The fourth-order valence-electron chi connectivity index (χ4n) is 3.66. The molecule has 0 saturated carbocycles. The second-order valence-corrected chi connectivity index (χ2v) is 8.96. The van der Waals surface area contributed by atoms with Gasteiger partial charge in [-0.05, 0) is 48.4 Å². The first-order chi connectivity index (χ1) is 16.5. The first kappa shape index (κ1) is 21.9. The van der Waals surface area contributed by atoms with E-state index >= 15 is 0 Å². The van der Waals surface area contributed by atoms with E-state index < -0.39 is 0 Å². The number of hydrogen-bond acceptors (Lipinski definition) is 9. The number of thiophene rings is 1. The molecule has 0 radical (unpaired) electrons. The molecule has 0 spiro atoms. The van der Waals surface area contributed by atoms with Crippen molar-refractivity contribution in [1.29, 1.82) is 0 Å². The largest absolute Gasteiger partial charge is 0.497 e. The number of nitrogens with zero attached hydrogens (tertiary/aromatic N) is 4. The predicted octanol–water partition coefficient (Wildman–Crippen LogP) is 4.31. The highest BCUT2D eigenvalue weighted by atomic mass is 32.1. The van der Waals surface area contributed by atoms with Gasteiger partial charge in [0, 0.05) is 30.1 Å². The first-order valence-electron chi connectivity index (χ1n) is 10.6. The molecule has 3 N–H and O–H groups in total. The van der Waals surface area contributed by atoms with Crippen LogP contribution in [0.3, 0.4) is 0 Å². The third-order valence-electron chi connectivity index (χ3n) is 5.41. The lowest BCUT2D eigenvalue weighted by molar-refractivity contribution is 0.393. The number of rotatable bonds is 8. The van der Waals surface area contributed by atoms with E-state index in [4.69, 9.17) is 19.6 Å². The molecule has 9 nitrogen and oxygen atoms in total. The standard InChI is InChI=1S/C24H24N6O3S/c1-14-16(13-26-12-15-7-17(31-2)10-18(8-15)32-3)9-21(34-14)19-11-22(25)30-24(27-19)28-23(29-30)20-5-4-6-33-20/h4-11,26H,12-13,25H2,1-3H3. The molecular formula is C24H24N6O3S. The molecule has 0 amide bonds. The molecular weight excluding hydrogens is 452 g/mol. The van der Waals surface area contributed by atoms with Crippen LogP contribution in [0.4, 0.5) is 5.82 Å². The number of nitrogens with two attached hydrogens (primary N) is 1. The van der Waals surface area contributed by atoms with Crippen LogP contribution in [-0.4, -0.2) is 33.8 Å². The summed E-state index contributed by atoms with van der Waals surface area (Å²) in [6.07, 6.45) is 1.58. The molecule has 0 atom stereocenters. The Morgan fingerprint density at radius 1 is 1.06 bits per heavy atom. The highest BCUT2D eigenvalue weighted by Crippen LogP contribution is 2.32. The predicted molar refractivity (Wildman–Crippen MR) is 131 cm³/mol. The van der Waals surface area contributed by atoms with Gasteiger partial charge in [-0.3, -0.25) is 0 Å². The Morgan fingerprint density at radius 2 is 1.85 bits per heavy atom. The third-order valence-corrected chi connectivity index (χ3v) is 6.53. The Labute approximate surface area is 200 Å². The van der Waals surface area contributed by atoms with Crippen molar-refractivity contribution in [3.8, 4) is 33.7 Å². The van der Waals surface area contributed by atoms with E-state index in [0.29, 0.717) is 36.3 Å². The summed E-state index contributed by atoms with van der Waals surface area (Å²) >= 11 is 1.67. The Balaban J connectivity index is 1.34. The van der Waals surface area contributed by atoms with Crippen molar-refractivity contribution in [3.63, 3.8) is 0 Å². The molecule has 0 aliphatic heterocycles. The molecule has 0 aliphatic rings. The van der Waals surface area contributed by atoms with Crippen LogP contribution >= 0.6 is 11.3 Å². The van der Waals surface area contributed by atoms with Crippen molar-refractivity contribution in [3.05, 3.63) is 64.7 Å². The maximum absolute atomic E-state index is 6.26. The number of anilines is 1. The summed E-state index contributed by atoms with van der Waals surface area (Å²) in [6, 6.07) is 13.4. The van der Waals surface area contributed by atoms with Crippen molar-refractivity contribution in [2.75, 3.05) is 20.0 Å². The number of ether oxygens (including phenoxy) is 2. The van der Waals surface area contributed by atoms with Gasteiger partial charge in [-0.2, -0.15) is 9.50 Å². The summed E-state index contributed by atoms with van der Waals surface area (Å²) < 4.78 is 17.6. The van der Waals surface area contributed by atoms with E-state index in [-0.39, 0.29) is 0 Å². The fraction of sp³-hybridized carbons (Fsp3) is 0.208. The second-order valence-electron chi connectivity index (χ2n) is 7.71. The molecule has 4 aromatic heterocycles. The van der Waals surface area contributed by atoms with Crippen LogP contribution in [0.15, 0.2) is 53.1 Å². The maximum atomic E-state index is 6.26. The maximum Gasteiger partial charge on any atom is 0.255 e. The summed E-state index contributed by atoms with van der Waals surface area (Å²) in [5, 5.41) is 7.91. The Hall–Kier alpha value is -3.89. The average molecular weight is 477 g/mol. The molecule has 0 saturated heterocycles. The molecule has 10 heteroatoms. The SMILES string of the molecule is COc1cc(CNCc2cc(-c3cc(N)n4nc(-c5ccco5)nc4n3)sc2C)cc(OC)c1. The van der Waals surface area contributed by atoms with Crippen LogP contribution in [0, 0.1) is 6.92 Å². The molecule has 5 rings (SSSR count). The number of fused-ring (bicyclic) bond motifs is 1. The molecule has 34 heavy (non-hydrogen) atoms. The number of aromatic nitrogens is 4. The van der Waals surface area contributed by atoms with Crippen LogP contribution in [0.5, 0.6) is 11.5 Å². The number of nitrogen functional groups attached to an aromatic ring is 1. The van der Waals surface area contributed by atoms with Gasteiger partial charge in [-0.1, -0.05) is 0 Å². The lowest BCUT2D eigenvalue weighted by Crippen LogP contribution is -2.13. The zero-order valence-electron chi connectivity index (χ0n) is 19.0. The Kier molecular flexibility index (Phi) is 5.91. The van der Waals surface area contributed by atoms with Crippen LogP contribution in [0.25, 0.3) is 27.9 Å². The Morgan fingerprint density at radius 3 is 2.56 bits per heavy atom. The zero-order chi connectivity index (χ0) is 23.7. The van der Waals surface area contributed by atoms with Crippen molar-refractivity contribution < 1.29 is 13.9 Å². The fourth-order valence-corrected chi connectivity index (χ4v) is 4.66. The van der Waals surface area contributed by atoms with Gasteiger partial charge in [0.2, 0.25) is 5.82 Å². The highest BCUT2D eigenvalue weighted by Gasteiger charge is 2.15. The molecule has 1 aromatic carbocycles. The quantitative estimate of drug-likeness (QED) is 0.341. The molecule has 0 fully saturated rings. The summed E-state index contributed by atoms with van der Waals surface area (Å²) in [4.78, 5) is 11.4. The van der Waals surface area contributed by atoms with Crippen LogP contribution in [-0.2, 0) is 13.1 Å². The van der Waals surface area contributed by atoms with Crippen molar-refractivity contribution in [2.24, 2.45) is 0 Å². The van der Waals surface area contributed by atoms with E-state index in [1.807, 2.05) is 24.3 Å². The lowest BCUT2D eigenvalue weighted by Gasteiger charge is -2.09. The number of benzene rings is 1. The molecule has 0 unspecified atom stereocenters. The third kappa shape index (κ3) is 4.33. The van der Waals surface area contributed by atoms with Crippen LogP contribution in [0.1, 0.15) is 16.0 Å². The molecule has 4 heterocycles. The minimum Gasteiger partial charge on any atom is -0.497 e. The van der Waals surface area contributed by atoms with Gasteiger partial charge >= 0.3 is 0 Å². The van der Waals surface area contributed by atoms with E-state index in [0.717, 1.165) is 27.6 Å². The van der Waals surface area contributed by atoms with Crippen LogP contribution in [0.2, 0.25) is 0 Å². The van der Waals surface area contributed by atoms with E-state index in [9.17, 15) is 0 Å². The van der Waals surface area contributed by atoms with E-state index in [1.54, 1.807) is 44.0 Å². The van der Waals surface area contributed by atoms with Crippen molar-refractivity contribution >= 4 is 22.9 Å². The topological polar surface area (TPSA) is 113 Å². The normalized spacial score (nSPS) is 11.3. The minimum absolute atomic E-state index is 0.430. The van der Waals surface area contributed by atoms with E-state index in [1.165, 1.54) is 15.0 Å². The number of furan rings is 1. The zero-order valence-corrected chi connectivity index (χ0v) is 19.8. The van der Waals surface area contributed by atoms with E-state index in [2.05, 4.69) is 33.4 Å². The summed E-state index contributed by atoms with van der Waals surface area (Å²) in [6.45, 7) is 3.51. The monoisotopic (exact) mass is 476 g/mol. The Bertz CT molecular complexity index is 1420. The van der Waals surface area contributed by atoms with Gasteiger partial charge in [0.1, 0.15) is 17.3 Å². The smallest absolute Gasteiger partial charge is 0.255 e. The highest BCUT2D eigenvalue weighted by molar-refractivity contribution is 7.15. The van der Waals surface area contributed by atoms with Gasteiger partial charge in [0.15, 0.2) is 5.76 Å². The van der Waals surface area contributed by atoms with Crippen molar-refractivity contribution in [2.45, 2.75) is 20.0 Å². The summed E-state index contributed by atoms with van der Waals surface area (Å²) in [7, 11) is 3.30. The minimum atomic E-state index is 0.430.